The zero-order valence-corrected chi connectivity index (χ0v) is 23.6. The molecule has 2 saturated heterocycles. The number of aryl methyl sites for hydroxylation is 1. The van der Waals surface area contributed by atoms with Gasteiger partial charge in [0, 0.05) is 13.1 Å². The Morgan fingerprint density at radius 2 is 1.59 bits per heavy atom. The number of pyridine rings is 1. The highest BCUT2D eigenvalue weighted by molar-refractivity contribution is 8.04. The number of nitrogens with zero attached hydrogens (tertiary/aromatic N) is 4. The minimum atomic E-state index is 0. The van der Waals surface area contributed by atoms with E-state index in [1.807, 2.05) is 24.4 Å². The molecule has 0 aliphatic carbocycles. The van der Waals surface area contributed by atoms with Crippen LogP contribution < -0.4 is 0 Å². The van der Waals surface area contributed by atoms with E-state index in [9.17, 15) is 4.79 Å². The Morgan fingerprint density at radius 1 is 0.892 bits per heavy atom. The van der Waals surface area contributed by atoms with Gasteiger partial charge in [0.15, 0.2) is 0 Å². The fourth-order valence-corrected chi connectivity index (χ4v) is 7.18. The van der Waals surface area contributed by atoms with Crippen LogP contribution in [0.25, 0.3) is 11.7 Å². The van der Waals surface area contributed by atoms with Crippen molar-refractivity contribution in [1.82, 2.24) is 19.2 Å². The van der Waals surface area contributed by atoms with Gasteiger partial charge in [0.05, 0.1) is 21.8 Å². The van der Waals surface area contributed by atoms with Crippen LogP contribution in [-0.2, 0) is 11.2 Å². The van der Waals surface area contributed by atoms with Crippen LogP contribution in [-0.4, -0.2) is 57.8 Å². The largest absolute Gasteiger partial charge is 0.338 e. The predicted molar refractivity (Wildman–Crippen MR) is 157 cm³/mol. The van der Waals surface area contributed by atoms with Crippen molar-refractivity contribution in [3.05, 3.63) is 70.9 Å². The molecular weight excluding hydrogens is 523 g/mol. The van der Waals surface area contributed by atoms with E-state index in [1.165, 1.54) is 50.9 Å². The number of hydrogen-bond acceptors (Lipinski definition) is 4. The van der Waals surface area contributed by atoms with Gasteiger partial charge in [-0.3, -0.25) is 9.20 Å². The normalized spacial score (nSPS) is 18.7. The Balaban J connectivity index is 0.00000160. The SMILES string of the molecule is Cl.Cl.O=C(C1=Cc2cnc3cccc(n23)S1)N1CCC(C2CCN(CCCc3ccccc3)CC2)CC1. The first-order valence-electron chi connectivity index (χ1n) is 13.2. The Morgan fingerprint density at radius 3 is 2.32 bits per heavy atom. The molecule has 1 aromatic carbocycles. The van der Waals surface area contributed by atoms with E-state index in [0.717, 1.165) is 59.0 Å². The molecule has 8 heteroatoms. The van der Waals surface area contributed by atoms with Crippen LogP contribution in [0.3, 0.4) is 0 Å². The van der Waals surface area contributed by atoms with Gasteiger partial charge >= 0.3 is 0 Å². The number of piperidine rings is 2. The van der Waals surface area contributed by atoms with Crippen molar-refractivity contribution in [3.63, 3.8) is 0 Å². The average molecular weight is 560 g/mol. The molecule has 5 heterocycles. The summed E-state index contributed by atoms with van der Waals surface area (Å²) in [5.74, 6) is 1.78. The van der Waals surface area contributed by atoms with Crippen molar-refractivity contribution in [2.24, 2.45) is 11.8 Å². The summed E-state index contributed by atoms with van der Waals surface area (Å²) in [6.07, 6.45) is 11.2. The Bertz CT molecular complexity index is 1220. The van der Waals surface area contributed by atoms with Crippen molar-refractivity contribution in [3.8, 4) is 0 Å². The van der Waals surface area contributed by atoms with E-state index >= 15 is 0 Å². The van der Waals surface area contributed by atoms with Crippen LogP contribution in [0.4, 0.5) is 0 Å². The summed E-state index contributed by atoms with van der Waals surface area (Å²) < 4.78 is 2.13. The highest BCUT2D eigenvalue weighted by Crippen LogP contribution is 2.37. The number of halogens is 2. The van der Waals surface area contributed by atoms with E-state index in [1.54, 1.807) is 11.8 Å². The first kappa shape index (κ1) is 28.0. The molecule has 0 saturated carbocycles. The Hall–Kier alpha value is -1.99. The first-order valence-corrected chi connectivity index (χ1v) is 14.0. The van der Waals surface area contributed by atoms with Crippen LogP contribution in [0.1, 0.15) is 43.4 Å². The van der Waals surface area contributed by atoms with Gasteiger partial charge in [0.1, 0.15) is 5.65 Å². The molecule has 0 unspecified atom stereocenters. The third-order valence-corrected chi connectivity index (χ3v) is 9.17. The molecule has 0 spiro atoms. The highest BCUT2D eigenvalue weighted by atomic mass is 35.5. The number of aromatic nitrogens is 2. The summed E-state index contributed by atoms with van der Waals surface area (Å²) in [5.41, 5.74) is 3.40. The van der Waals surface area contributed by atoms with Crippen LogP contribution >= 0.6 is 36.6 Å². The van der Waals surface area contributed by atoms with E-state index in [4.69, 9.17) is 0 Å². The standard InChI is InChI=1S/C29H34N4OS.2ClH/c34-29(26-20-25-21-30-27-9-4-10-28(35-26)33(25)27)32-18-13-24(14-19-32)23-11-16-31(17-12-23)15-5-8-22-6-2-1-3-7-22;;/h1-4,6-7,9-10,20-21,23-24H,5,8,11-19H2;2*1H. The topological polar surface area (TPSA) is 40.9 Å². The molecule has 198 valence electrons. The molecule has 1 amide bonds. The maximum atomic E-state index is 13.3. The average Bonchev–Trinajstić information content (AvgIpc) is 3.34. The summed E-state index contributed by atoms with van der Waals surface area (Å²) in [7, 11) is 0. The van der Waals surface area contributed by atoms with Crippen molar-refractivity contribution in [2.75, 3.05) is 32.7 Å². The van der Waals surface area contributed by atoms with Gasteiger partial charge in [0.2, 0.25) is 0 Å². The summed E-state index contributed by atoms with van der Waals surface area (Å²) >= 11 is 1.58. The van der Waals surface area contributed by atoms with Gasteiger partial charge in [-0.15, -0.1) is 24.8 Å². The monoisotopic (exact) mass is 558 g/mol. The predicted octanol–water partition coefficient (Wildman–Crippen LogP) is 6.21. The Labute approximate surface area is 236 Å². The van der Waals surface area contributed by atoms with Crippen LogP contribution in [0.2, 0.25) is 0 Å². The number of amides is 1. The molecule has 3 aromatic rings. The number of carbonyl (C=O) groups is 1. The minimum Gasteiger partial charge on any atom is -0.338 e. The maximum absolute atomic E-state index is 13.3. The second-order valence-electron chi connectivity index (χ2n) is 10.2. The number of likely N-dealkylation sites (tertiary alicyclic amines) is 2. The quantitative estimate of drug-likeness (QED) is 0.360. The molecular formula is C29H36Cl2N4OS. The molecule has 5 nitrogen and oxygen atoms in total. The van der Waals surface area contributed by atoms with Gasteiger partial charge < -0.3 is 9.80 Å². The van der Waals surface area contributed by atoms with Crippen molar-refractivity contribution >= 4 is 54.2 Å². The summed E-state index contributed by atoms with van der Waals surface area (Å²) in [6.45, 7) is 5.47. The van der Waals surface area contributed by atoms with Crippen molar-refractivity contribution < 1.29 is 4.79 Å². The lowest BCUT2D eigenvalue weighted by molar-refractivity contribution is -0.128. The molecule has 0 atom stereocenters. The summed E-state index contributed by atoms with van der Waals surface area (Å²) in [5, 5.41) is 1.08. The second-order valence-corrected chi connectivity index (χ2v) is 11.3. The molecule has 37 heavy (non-hydrogen) atoms. The minimum absolute atomic E-state index is 0. The van der Waals surface area contributed by atoms with Gasteiger partial charge in [-0.25, -0.2) is 4.98 Å². The molecule has 2 aromatic heterocycles. The fourth-order valence-electron chi connectivity index (χ4n) is 6.12. The van der Waals surface area contributed by atoms with Crippen LogP contribution in [0.15, 0.2) is 64.7 Å². The smallest absolute Gasteiger partial charge is 0.260 e. The van der Waals surface area contributed by atoms with Gasteiger partial charge in [-0.2, -0.15) is 0 Å². The lowest BCUT2D eigenvalue weighted by atomic mass is 9.78. The summed E-state index contributed by atoms with van der Waals surface area (Å²) in [4.78, 5) is 23.4. The number of thioether (sulfide) groups is 1. The number of carbonyl (C=O) groups excluding carboxylic acids is 1. The molecule has 0 bridgehead atoms. The zero-order chi connectivity index (χ0) is 23.6. The van der Waals surface area contributed by atoms with Gasteiger partial charge in [-0.1, -0.05) is 48.2 Å². The number of hydrogen-bond donors (Lipinski definition) is 0. The van der Waals surface area contributed by atoms with Gasteiger partial charge in [-0.05, 0) is 93.8 Å². The third kappa shape index (κ3) is 6.19. The molecule has 6 rings (SSSR count). The Kier molecular flexibility index (Phi) is 9.62. The van der Waals surface area contributed by atoms with Crippen LogP contribution in [0, 0.1) is 11.8 Å². The molecule has 2 fully saturated rings. The fraction of sp³-hybridized carbons (Fsp3) is 0.448. The van der Waals surface area contributed by atoms with E-state index in [0.29, 0.717) is 0 Å². The zero-order valence-electron chi connectivity index (χ0n) is 21.1. The van der Waals surface area contributed by atoms with Crippen LogP contribution in [0.5, 0.6) is 0 Å². The van der Waals surface area contributed by atoms with Crippen molar-refractivity contribution in [2.45, 2.75) is 43.6 Å². The van der Waals surface area contributed by atoms with E-state index < -0.39 is 0 Å². The number of benzene rings is 1. The third-order valence-electron chi connectivity index (χ3n) is 8.13. The molecule has 0 N–H and O–H groups in total. The summed E-state index contributed by atoms with van der Waals surface area (Å²) in [6, 6.07) is 16.9. The number of rotatable bonds is 6. The molecule has 3 aliphatic rings. The van der Waals surface area contributed by atoms with E-state index in [-0.39, 0.29) is 30.7 Å². The highest BCUT2D eigenvalue weighted by Gasteiger charge is 2.32. The number of imidazole rings is 1. The second kappa shape index (κ2) is 12.7. The maximum Gasteiger partial charge on any atom is 0.260 e. The lowest BCUT2D eigenvalue weighted by Crippen LogP contribution is -2.43. The van der Waals surface area contributed by atoms with E-state index in [2.05, 4.69) is 55.6 Å². The van der Waals surface area contributed by atoms with Crippen molar-refractivity contribution in [1.29, 1.82) is 0 Å². The molecule has 0 radical (unpaired) electrons. The van der Waals surface area contributed by atoms with Gasteiger partial charge in [0.25, 0.3) is 5.91 Å². The molecule has 3 aliphatic heterocycles. The lowest BCUT2D eigenvalue weighted by Gasteiger charge is -2.40. The first-order chi connectivity index (χ1) is 17.2.